The summed E-state index contributed by atoms with van der Waals surface area (Å²) < 4.78 is 33.1. The van der Waals surface area contributed by atoms with Crippen LogP contribution in [0.25, 0.3) is 0 Å². The van der Waals surface area contributed by atoms with E-state index in [4.69, 9.17) is 4.74 Å². The van der Waals surface area contributed by atoms with Crippen LogP contribution >= 0.6 is 0 Å². The lowest BCUT2D eigenvalue weighted by Crippen LogP contribution is -2.46. The number of benzene rings is 2. The van der Waals surface area contributed by atoms with Gasteiger partial charge in [0.1, 0.15) is 6.04 Å². The molecule has 0 unspecified atom stereocenters. The standard InChI is InChI=1S/C24H31N3O4S/c1-19-5-11-22(12-6-19)32(29,30)27-13-3-4-23(27)24(28)25(2)18-20-7-9-21(10-8-20)26-14-16-31-17-15-26/h5-12,23H,3-4,13-18H2,1-2H3/t23-/m0/s1. The van der Waals surface area contributed by atoms with Crippen molar-refractivity contribution in [2.75, 3.05) is 44.8 Å². The maximum absolute atomic E-state index is 13.2. The van der Waals surface area contributed by atoms with Crippen LogP contribution in [0.2, 0.25) is 0 Å². The molecule has 0 aromatic heterocycles. The zero-order valence-corrected chi connectivity index (χ0v) is 19.6. The summed E-state index contributed by atoms with van der Waals surface area (Å²) in [6, 6.07) is 14.4. The van der Waals surface area contributed by atoms with Gasteiger partial charge in [-0.25, -0.2) is 8.42 Å². The smallest absolute Gasteiger partial charge is 0.243 e. The normalized spacial score (nSPS) is 19.8. The Balaban J connectivity index is 1.43. The molecule has 0 bridgehead atoms. The van der Waals surface area contributed by atoms with E-state index < -0.39 is 16.1 Å². The molecule has 0 saturated carbocycles. The third kappa shape index (κ3) is 4.82. The van der Waals surface area contributed by atoms with Gasteiger partial charge in [0.15, 0.2) is 0 Å². The summed E-state index contributed by atoms with van der Waals surface area (Å²) in [4.78, 5) is 17.4. The highest BCUT2D eigenvalue weighted by molar-refractivity contribution is 7.89. The van der Waals surface area contributed by atoms with E-state index in [1.165, 1.54) is 4.31 Å². The number of nitrogens with zero attached hydrogens (tertiary/aromatic N) is 3. The topological polar surface area (TPSA) is 70.2 Å². The maximum Gasteiger partial charge on any atom is 0.243 e. The number of anilines is 1. The second-order valence-electron chi connectivity index (χ2n) is 8.55. The predicted molar refractivity (Wildman–Crippen MR) is 124 cm³/mol. The Bertz CT molecular complexity index is 1030. The molecular weight excluding hydrogens is 426 g/mol. The number of sulfonamides is 1. The monoisotopic (exact) mass is 457 g/mol. The minimum atomic E-state index is -3.70. The van der Waals surface area contributed by atoms with Gasteiger partial charge in [-0.05, 0) is 49.6 Å². The van der Waals surface area contributed by atoms with Gasteiger partial charge in [0.05, 0.1) is 18.1 Å². The minimum absolute atomic E-state index is 0.157. The number of hydrogen-bond donors (Lipinski definition) is 0. The second-order valence-corrected chi connectivity index (χ2v) is 10.4. The average Bonchev–Trinajstić information content (AvgIpc) is 3.31. The minimum Gasteiger partial charge on any atom is -0.378 e. The van der Waals surface area contributed by atoms with Crippen LogP contribution in [0.15, 0.2) is 53.4 Å². The summed E-state index contributed by atoms with van der Waals surface area (Å²) in [5, 5.41) is 0. The van der Waals surface area contributed by atoms with E-state index in [9.17, 15) is 13.2 Å². The molecule has 2 aliphatic heterocycles. The number of likely N-dealkylation sites (N-methyl/N-ethyl adjacent to an activating group) is 1. The first kappa shape index (κ1) is 22.8. The van der Waals surface area contributed by atoms with Gasteiger partial charge in [0, 0.05) is 38.9 Å². The van der Waals surface area contributed by atoms with Gasteiger partial charge < -0.3 is 14.5 Å². The third-order valence-corrected chi connectivity index (χ3v) is 8.15. The highest BCUT2D eigenvalue weighted by Crippen LogP contribution is 2.28. The summed E-state index contributed by atoms with van der Waals surface area (Å²) >= 11 is 0. The van der Waals surface area contributed by atoms with E-state index in [0.717, 1.165) is 43.1 Å². The first-order chi connectivity index (χ1) is 15.4. The van der Waals surface area contributed by atoms with Crippen molar-refractivity contribution >= 4 is 21.6 Å². The van der Waals surface area contributed by atoms with Crippen molar-refractivity contribution < 1.29 is 17.9 Å². The fourth-order valence-electron chi connectivity index (χ4n) is 4.36. The van der Waals surface area contributed by atoms with Crippen LogP contribution in [-0.4, -0.2) is 69.5 Å². The summed E-state index contributed by atoms with van der Waals surface area (Å²) in [7, 11) is -1.96. The number of carbonyl (C=O) groups is 1. The molecule has 0 N–H and O–H groups in total. The van der Waals surface area contributed by atoms with Crippen LogP contribution in [0, 0.1) is 6.92 Å². The lowest BCUT2D eigenvalue weighted by atomic mass is 10.1. The van der Waals surface area contributed by atoms with Crippen molar-refractivity contribution in [1.82, 2.24) is 9.21 Å². The molecule has 2 aliphatic rings. The van der Waals surface area contributed by atoms with Gasteiger partial charge in [0.2, 0.25) is 15.9 Å². The fraction of sp³-hybridized carbons (Fsp3) is 0.458. The molecule has 0 spiro atoms. The SMILES string of the molecule is Cc1ccc(S(=O)(=O)N2CCC[C@H]2C(=O)N(C)Cc2ccc(N3CCOCC3)cc2)cc1. The number of ether oxygens (including phenoxy) is 1. The third-order valence-electron chi connectivity index (χ3n) is 6.22. The van der Waals surface area contributed by atoms with Crippen molar-refractivity contribution in [3.05, 3.63) is 59.7 Å². The Kier molecular flexibility index (Phi) is 6.83. The zero-order valence-electron chi connectivity index (χ0n) is 18.7. The number of amides is 1. The molecule has 172 valence electrons. The molecule has 32 heavy (non-hydrogen) atoms. The van der Waals surface area contributed by atoms with E-state index in [0.29, 0.717) is 25.9 Å². The van der Waals surface area contributed by atoms with Crippen molar-refractivity contribution in [2.45, 2.75) is 37.2 Å². The number of aryl methyl sites for hydroxylation is 1. The molecule has 0 aliphatic carbocycles. The molecule has 2 fully saturated rings. The molecule has 1 atom stereocenters. The van der Waals surface area contributed by atoms with Gasteiger partial charge in [-0.15, -0.1) is 0 Å². The zero-order chi connectivity index (χ0) is 22.7. The summed E-state index contributed by atoms with van der Waals surface area (Å²) in [6.45, 7) is 5.97. The van der Waals surface area contributed by atoms with E-state index in [1.54, 1.807) is 36.2 Å². The van der Waals surface area contributed by atoms with Crippen LogP contribution in [0.1, 0.15) is 24.0 Å². The van der Waals surface area contributed by atoms with Crippen molar-refractivity contribution in [2.24, 2.45) is 0 Å². The number of hydrogen-bond acceptors (Lipinski definition) is 5. The Labute approximate surface area is 190 Å². The van der Waals surface area contributed by atoms with Crippen LogP contribution in [-0.2, 0) is 26.1 Å². The number of morpholine rings is 1. The maximum atomic E-state index is 13.2. The molecule has 4 rings (SSSR count). The lowest BCUT2D eigenvalue weighted by molar-refractivity contribution is -0.133. The highest BCUT2D eigenvalue weighted by atomic mass is 32.2. The van der Waals surface area contributed by atoms with E-state index in [2.05, 4.69) is 17.0 Å². The Morgan fingerprint density at radius 1 is 1.03 bits per heavy atom. The molecular formula is C24H31N3O4S. The largest absolute Gasteiger partial charge is 0.378 e. The quantitative estimate of drug-likeness (QED) is 0.667. The van der Waals surface area contributed by atoms with Crippen molar-refractivity contribution in [3.8, 4) is 0 Å². The fourth-order valence-corrected chi connectivity index (χ4v) is 6.01. The summed E-state index contributed by atoms with van der Waals surface area (Å²) in [6.07, 6.45) is 1.23. The van der Waals surface area contributed by atoms with Gasteiger partial charge in [0.25, 0.3) is 0 Å². The van der Waals surface area contributed by atoms with E-state index in [1.807, 2.05) is 19.1 Å². The Morgan fingerprint density at radius 3 is 2.34 bits per heavy atom. The van der Waals surface area contributed by atoms with Crippen LogP contribution < -0.4 is 4.90 Å². The lowest BCUT2D eigenvalue weighted by Gasteiger charge is -2.29. The summed E-state index contributed by atoms with van der Waals surface area (Å²) in [5.74, 6) is -0.157. The first-order valence-electron chi connectivity index (χ1n) is 11.1. The Morgan fingerprint density at radius 2 is 1.69 bits per heavy atom. The van der Waals surface area contributed by atoms with Gasteiger partial charge in [-0.2, -0.15) is 4.31 Å². The van der Waals surface area contributed by atoms with Crippen LogP contribution in [0.3, 0.4) is 0 Å². The first-order valence-corrected chi connectivity index (χ1v) is 12.6. The molecule has 8 heteroatoms. The molecule has 2 saturated heterocycles. The molecule has 0 radical (unpaired) electrons. The Hall–Kier alpha value is -2.42. The molecule has 2 aromatic carbocycles. The van der Waals surface area contributed by atoms with Gasteiger partial charge in [-0.3, -0.25) is 4.79 Å². The van der Waals surface area contributed by atoms with Crippen molar-refractivity contribution in [3.63, 3.8) is 0 Å². The average molecular weight is 458 g/mol. The predicted octanol–water partition coefficient (Wildman–Crippen LogP) is 2.64. The molecule has 7 nitrogen and oxygen atoms in total. The van der Waals surface area contributed by atoms with Crippen molar-refractivity contribution in [1.29, 1.82) is 0 Å². The number of rotatable bonds is 6. The molecule has 2 aromatic rings. The van der Waals surface area contributed by atoms with E-state index >= 15 is 0 Å². The molecule has 1 amide bonds. The van der Waals surface area contributed by atoms with Gasteiger partial charge >= 0.3 is 0 Å². The summed E-state index contributed by atoms with van der Waals surface area (Å²) in [5.41, 5.74) is 3.17. The molecule has 2 heterocycles. The highest BCUT2D eigenvalue weighted by Gasteiger charge is 2.40. The van der Waals surface area contributed by atoms with Crippen LogP contribution in [0.5, 0.6) is 0 Å². The van der Waals surface area contributed by atoms with Crippen LogP contribution in [0.4, 0.5) is 5.69 Å². The van der Waals surface area contributed by atoms with Gasteiger partial charge in [-0.1, -0.05) is 29.8 Å². The van der Waals surface area contributed by atoms with E-state index in [-0.39, 0.29) is 10.8 Å². The number of carbonyl (C=O) groups excluding carboxylic acids is 1. The second kappa shape index (κ2) is 9.60.